The highest BCUT2D eigenvalue weighted by atomic mass is 16.5. The van der Waals surface area contributed by atoms with Gasteiger partial charge in [0.05, 0.1) is 13.2 Å². The summed E-state index contributed by atoms with van der Waals surface area (Å²) in [5, 5.41) is 19.9. The number of benzene rings is 1. The Morgan fingerprint density at radius 2 is 2.24 bits per heavy atom. The van der Waals surface area contributed by atoms with Crippen LogP contribution in [-0.4, -0.2) is 46.8 Å². The summed E-state index contributed by atoms with van der Waals surface area (Å²) in [7, 11) is 1.58. The second kappa shape index (κ2) is 6.45. The van der Waals surface area contributed by atoms with Crippen molar-refractivity contribution >= 4 is 5.97 Å². The summed E-state index contributed by atoms with van der Waals surface area (Å²) >= 11 is 0. The highest BCUT2D eigenvalue weighted by molar-refractivity contribution is 5.78. The van der Waals surface area contributed by atoms with E-state index in [1.807, 2.05) is 23.1 Å². The maximum atomic E-state index is 11.6. The van der Waals surface area contributed by atoms with Gasteiger partial charge in [-0.2, -0.15) is 0 Å². The van der Waals surface area contributed by atoms with Gasteiger partial charge in [-0.05, 0) is 50.4 Å². The summed E-state index contributed by atoms with van der Waals surface area (Å²) in [6.45, 7) is 2.76. The number of nitrogens with zero attached hydrogens (tertiary/aromatic N) is 1. The molecule has 0 bridgehead atoms. The van der Waals surface area contributed by atoms with Gasteiger partial charge >= 0.3 is 5.97 Å². The van der Waals surface area contributed by atoms with Crippen molar-refractivity contribution in [3.63, 3.8) is 0 Å². The Balaban J connectivity index is 2.13. The minimum atomic E-state index is -0.891. The zero-order valence-corrected chi connectivity index (χ0v) is 12.6. The topological polar surface area (TPSA) is 70.0 Å². The number of carboxylic acid groups (broad SMARTS) is 1. The predicted molar refractivity (Wildman–Crippen MR) is 79.4 cm³/mol. The lowest BCUT2D eigenvalue weighted by atomic mass is 9.88. The van der Waals surface area contributed by atoms with Gasteiger partial charge in [0.1, 0.15) is 11.3 Å². The lowest BCUT2D eigenvalue weighted by Gasteiger charge is -2.42. The molecule has 1 aromatic rings. The van der Waals surface area contributed by atoms with Crippen LogP contribution >= 0.6 is 0 Å². The second-order valence-electron chi connectivity index (χ2n) is 5.77. The zero-order valence-electron chi connectivity index (χ0n) is 12.6. The monoisotopic (exact) mass is 293 g/mol. The number of aliphatic hydroxyl groups excluding tert-OH is 1. The molecule has 1 aliphatic heterocycles. The number of ether oxygens (including phenoxy) is 1. The number of aliphatic carboxylic acids is 1. The van der Waals surface area contributed by atoms with Crippen LogP contribution in [0.1, 0.15) is 37.9 Å². The molecule has 2 unspecified atom stereocenters. The van der Waals surface area contributed by atoms with Gasteiger partial charge in [0.2, 0.25) is 0 Å². The zero-order chi connectivity index (χ0) is 15.5. The van der Waals surface area contributed by atoms with Crippen molar-refractivity contribution in [3.8, 4) is 5.75 Å². The van der Waals surface area contributed by atoms with Crippen molar-refractivity contribution in [2.45, 2.75) is 37.8 Å². The van der Waals surface area contributed by atoms with E-state index in [4.69, 9.17) is 4.74 Å². The molecule has 116 valence electrons. The summed E-state index contributed by atoms with van der Waals surface area (Å²) in [4.78, 5) is 13.4. The number of aliphatic hydroxyl groups is 1. The molecular formula is C16H23NO4. The molecule has 1 heterocycles. The Hall–Kier alpha value is -1.59. The van der Waals surface area contributed by atoms with Crippen molar-refractivity contribution in [2.24, 2.45) is 0 Å². The first-order chi connectivity index (χ1) is 9.97. The molecule has 0 aromatic heterocycles. The average molecular weight is 293 g/mol. The van der Waals surface area contributed by atoms with Crippen molar-refractivity contribution in [1.82, 2.24) is 4.90 Å². The van der Waals surface area contributed by atoms with Crippen LogP contribution < -0.4 is 4.74 Å². The Bertz CT molecular complexity index is 505. The van der Waals surface area contributed by atoms with Crippen LogP contribution in [0, 0.1) is 0 Å². The van der Waals surface area contributed by atoms with Crippen LogP contribution in [0.2, 0.25) is 0 Å². The SMILES string of the molecule is COc1cccc(C(O)CN2CCCCC2(C)C(=O)O)c1. The van der Waals surface area contributed by atoms with E-state index in [2.05, 4.69) is 0 Å². The molecule has 1 fully saturated rings. The fourth-order valence-electron chi connectivity index (χ4n) is 2.87. The number of methoxy groups -OCH3 is 1. The van der Waals surface area contributed by atoms with E-state index in [-0.39, 0.29) is 0 Å². The number of piperidine rings is 1. The fourth-order valence-corrected chi connectivity index (χ4v) is 2.87. The molecule has 0 spiro atoms. The summed E-state index contributed by atoms with van der Waals surface area (Å²) in [6, 6.07) is 7.25. The molecular weight excluding hydrogens is 270 g/mol. The Morgan fingerprint density at radius 1 is 1.48 bits per heavy atom. The highest BCUT2D eigenvalue weighted by Gasteiger charge is 2.41. The molecule has 1 saturated heterocycles. The van der Waals surface area contributed by atoms with Crippen LogP contribution in [0.4, 0.5) is 0 Å². The van der Waals surface area contributed by atoms with Gasteiger partial charge in [0.15, 0.2) is 0 Å². The normalized spacial score (nSPS) is 24.5. The van der Waals surface area contributed by atoms with E-state index in [1.165, 1.54) is 0 Å². The Labute approximate surface area is 125 Å². The standard InChI is InChI=1S/C16H23NO4/c1-16(15(19)20)8-3-4-9-17(16)11-14(18)12-6-5-7-13(10-12)21-2/h5-7,10,14,18H,3-4,8-9,11H2,1-2H3,(H,19,20). The molecule has 2 atom stereocenters. The first-order valence-corrected chi connectivity index (χ1v) is 7.28. The third-order valence-electron chi connectivity index (χ3n) is 4.37. The van der Waals surface area contributed by atoms with Gasteiger partial charge in [-0.3, -0.25) is 9.69 Å². The molecule has 2 N–H and O–H groups in total. The third kappa shape index (κ3) is 3.36. The smallest absolute Gasteiger partial charge is 0.323 e. The third-order valence-corrected chi connectivity index (χ3v) is 4.37. The van der Waals surface area contributed by atoms with Crippen LogP contribution in [0.5, 0.6) is 5.75 Å². The molecule has 1 aliphatic rings. The number of carboxylic acids is 1. The van der Waals surface area contributed by atoms with Crippen LogP contribution in [0.25, 0.3) is 0 Å². The molecule has 2 rings (SSSR count). The van der Waals surface area contributed by atoms with E-state index in [0.717, 1.165) is 18.4 Å². The van der Waals surface area contributed by atoms with E-state index >= 15 is 0 Å². The van der Waals surface area contributed by atoms with Crippen LogP contribution in [-0.2, 0) is 4.79 Å². The number of hydrogen-bond acceptors (Lipinski definition) is 4. The van der Waals surface area contributed by atoms with Gasteiger partial charge in [0, 0.05) is 6.54 Å². The van der Waals surface area contributed by atoms with Crippen molar-refractivity contribution in [2.75, 3.05) is 20.2 Å². The van der Waals surface area contributed by atoms with Gasteiger partial charge in [-0.25, -0.2) is 0 Å². The maximum absolute atomic E-state index is 11.6. The first-order valence-electron chi connectivity index (χ1n) is 7.28. The Morgan fingerprint density at radius 3 is 2.90 bits per heavy atom. The minimum Gasteiger partial charge on any atom is -0.497 e. The van der Waals surface area contributed by atoms with Gasteiger partial charge in [-0.1, -0.05) is 12.1 Å². The molecule has 0 saturated carbocycles. The summed E-state index contributed by atoms with van der Waals surface area (Å²) in [5.41, 5.74) is -0.148. The summed E-state index contributed by atoms with van der Waals surface area (Å²) < 4.78 is 5.16. The molecule has 0 radical (unpaired) electrons. The van der Waals surface area contributed by atoms with E-state index in [0.29, 0.717) is 25.3 Å². The average Bonchev–Trinajstić information content (AvgIpc) is 2.49. The van der Waals surface area contributed by atoms with Crippen molar-refractivity contribution in [3.05, 3.63) is 29.8 Å². The van der Waals surface area contributed by atoms with Crippen LogP contribution in [0.3, 0.4) is 0 Å². The number of likely N-dealkylation sites (tertiary alicyclic amines) is 1. The van der Waals surface area contributed by atoms with Crippen molar-refractivity contribution in [1.29, 1.82) is 0 Å². The molecule has 5 heteroatoms. The summed E-state index contributed by atoms with van der Waals surface area (Å²) in [5.74, 6) is -0.133. The van der Waals surface area contributed by atoms with Gasteiger partial charge in [0.25, 0.3) is 0 Å². The fraction of sp³-hybridized carbons (Fsp3) is 0.562. The molecule has 5 nitrogen and oxygen atoms in total. The first kappa shape index (κ1) is 15.8. The minimum absolute atomic E-state index is 0.315. The summed E-state index contributed by atoms with van der Waals surface area (Å²) in [6.07, 6.45) is 1.77. The number of rotatable bonds is 5. The van der Waals surface area contributed by atoms with Crippen LogP contribution in [0.15, 0.2) is 24.3 Å². The number of hydrogen-bond donors (Lipinski definition) is 2. The lowest BCUT2D eigenvalue weighted by molar-refractivity contribution is -0.154. The second-order valence-corrected chi connectivity index (χ2v) is 5.77. The van der Waals surface area contributed by atoms with Crippen molar-refractivity contribution < 1.29 is 19.7 Å². The molecule has 0 aliphatic carbocycles. The highest BCUT2D eigenvalue weighted by Crippen LogP contribution is 2.30. The largest absolute Gasteiger partial charge is 0.497 e. The molecule has 0 amide bonds. The lowest BCUT2D eigenvalue weighted by Crippen LogP contribution is -2.56. The molecule has 21 heavy (non-hydrogen) atoms. The van der Waals surface area contributed by atoms with Gasteiger partial charge in [-0.15, -0.1) is 0 Å². The Kier molecular flexibility index (Phi) is 4.85. The van der Waals surface area contributed by atoms with E-state index < -0.39 is 17.6 Å². The van der Waals surface area contributed by atoms with Gasteiger partial charge < -0.3 is 14.9 Å². The predicted octanol–water partition coefficient (Wildman–Crippen LogP) is 2.06. The quantitative estimate of drug-likeness (QED) is 0.869. The number of β-amino-alcohol motifs (C(OH)–C–C–N with tert-alkyl or cyclic N) is 1. The maximum Gasteiger partial charge on any atom is 0.323 e. The van der Waals surface area contributed by atoms with E-state index in [1.54, 1.807) is 20.1 Å². The molecule has 1 aromatic carbocycles. The van der Waals surface area contributed by atoms with E-state index in [9.17, 15) is 15.0 Å². The number of carbonyl (C=O) groups is 1.